The summed E-state index contributed by atoms with van der Waals surface area (Å²) in [5.74, 6) is 0.527. The fourth-order valence-electron chi connectivity index (χ4n) is 3.10. The van der Waals surface area contributed by atoms with E-state index in [0.717, 1.165) is 28.3 Å². The second kappa shape index (κ2) is 7.91. The van der Waals surface area contributed by atoms with Crippen molar-refractivity contribution in [2.24, 2.45) is 0 Å². The summed E-state index contributed by atoms with van der Waals surface area (Å²) in [6.07, 6.45) is 3.23. The van der Waals surface area contributed by atoms with Crippen LogP contribution in [-0.4, -0.2) is 18.0 Å². The summed E-state index contributed by atoms with van der Waals surface area (Å²) in [6, 6.07) is 13.5. The molecule has 0 aliphatic carbocycles. The van der Waals surface area contributed by atoms with E-state index in [2.05, 4.69) is 27.8 Å². The first-order chi connectivity index (χ1) is 13.0. The van der Waals surface area contributed by atoms with Gasteiger partial charge in [-0.3, -0.25) is 9.78 Å². The van der Waals surface area contributed by atoms with Crippen molar-refractivity contribution in [3.05, 3.63) is 77.1 Å². The van der Waals surface area contributed by atoms with Gasteiger partial charge < -0.3 is 15.4 Å². The van der Waals surface area contributed by atoms with E-state index in [9.17, 15) is 4.79 Å². The predicted octanol–water partition coefficient (Wildman–Crippen LogP) is 5.01. The average Bonchev–Trinajstić information content (AvgIpc) is 2.65. The van der Waals surface area contributed by atoms with E-state index in [4.69, 9.17) is 4.74 Å². The number of benzene rings is 2. The van der Waals surface area contributed by atoms with Gasteiger partial charge in [0.2, 0.25) is 0 Å². The molecule has 1 amide bonds. The second-order valence-corrected chi connectivity index (χ2v) is 6.52. The number of nitrogens with zero attached hydrogens (tertiary/aromatic N) is 1. The molecule has 0 saturated heterocycles. The molecule has 0 atom stereocenters. The number of carbonyl (C=O) groups excluding carboxylic acids is 1. The summed E-state index contributed by atoms with van der Waals surface area (Å²) in [5, 5.41) is 6.25. The monoisotopic (exact) mass is 361 g/mol. The number of ether oxygens (including phenoxy) is 1. The van der Waals surface area contributed by atoms with E-state index in [1.165, 1.54) is 5.56 Å². The SMILES string of the molecule is COc1ccccc1Nc1cncc(C(=O)Nc2c(C)cc(C)cc2C)c1. The third-order valence-electron chi connectivity index (χ3n) is 4.30. The van der Waals surface area contributed by atoms with Crippen LogP contribution in [0.3, 0.4) is 0 Å². The molecular weight excluding hydrogens is 338 g/mol. The van der Waals surface area contributed by atoms with Gasteiger partial charge in [-0.15, -0.1) is 0 Å². The molecule has 3 rings (SSSR count). The highest BCUT2D eigenvalue weighted by molar-refractivity contribution is 6.05. The van der Waals surface area contributed by atoms with Crippen LogP contribution in [0.15, 0.2) is 54.9 Å². The van der Waals surface area contributed by atoms with Crippen LogP contribution in [0.5, 0.6) is 5.75 Å². The topological polar surface area (TPSA) is 63.2 Å². The number of aryl methyl sites for hydroxylation is 3. The molecule has 0 saturated carbocycles. The number of pyridine rings is 1. The van der Waals surface area contributed by atoms with Crippen molar-refractivity contribution in [2.75, 3.05) is 17.7 Å². The molecule has 1 heterocycles. The number of hydrogen-bond acceptors (Lipinski definition) is 4. The third kappa shape index (κ3) is 4.26. The molecule has 0 aliphatic rings. The molecule has 0 bridgehead atoms. The first-order valence-electron chi connectivity index (χ1n) is 8.72. The van der Waals surface area contributed by atoms with Crippen molar-refractivity contribution in [1.29, 1.82) is 0 Å². The molecule has 0 spiro atoms. The molecule has 0 fully saturated rings. The summed E-state index contributed by atoms with van der Waals surface area (Å²) in [6.45, 7) is 6.03. The maximum Gasteiger partial charge on any atom is 0.257 e. The minimum Gasteiger partial charge on any atom is -0.495 e. The van der Waals surface area contributed by atoms with Gasteiger partial charge in [-0.1, -0.05) is 29.8 Å². The lowest BCUT2D eigenvalue weighted by Crippen LogP contribution is -2.14. The maximum absolute atomic E-state index is 12.7. The molecule has 2 aromatic carbocycles. The van der Waals surface area contributed by atoms with Crippen molar-refractivity contribution >= 4 is 23.0 Å². The predicted molar refractivity (Wildman–Crippen MR) is 109 cm³/mol. The van der Waals surface area contributed by atoms with E-state index in [-0.39, 0.29) is 5.91 Å². The number of anilines is 3. The molecule has 5 nitrogen and oxygen atoms in total. The molecular formula is C22H23N3O2. The minimum absolute atomic E-state index is 0.193. The largest absolute Gasteiger partial charge is 0.495 e. The lowest BCUT2D eigenvalue weighted by Gasteiger charge is -2.14. The van der Waals surface area contributed by atoms with E-state index in [0.29, 0.717) is 11.3 Å². The molecule has 0 radical (unpaired) electrons. The fourth-order valence-corrected chi connectivity index (χ4v) is 3.10. The van der Waals surface area contributed by atoms with Crippen LogP contribution in [0, 0.1) is 20.8 Å². The molecule has 0 unspecified atom stereocenters. The average molecular weight is 361 g/mol. The van der Waals surface area contributed by atoms with Crippen molar-refractivity contribution in [3.63, 3.8) is 0 Å². The van der Waals surface area contributed by atoms with Crippen molar-refractivity contribution in [2.45, 2.75) is 20.8 Å². The molecule has 2 N–H and O–H groups in total. The normalized spacial score (nSPS) is 10.4. The summed E-state index contributed by atoms with van der Waals surface area (Å²) in [4.78, 5) is 16.9. The zero-order chi connectivity index (χ0) is 19.4. The number of carbonyl (C=O) groups is 1. The minimum atomic E-state index is -0.193. The van der Waals surface area contributed by atoms with Crippen LogP contribution in [-0.2, 0) is 0 Å². The third-order valence-corrected chi connectivity index (χ3v) is 4.30. The summed E-state index contributed by atoms with van der Waals surface area (Å²) in [5.41, 5.74) is 6.10. The Morgan fingerprint density at radius 1 is 1.00 bits per heavy atom. The summed E-state index contributed by atoms with van der Waals surface area (Å²) in [7, 11) is 1.62. The zero-order valence-corrected chi connectivity index (χ0v) is 16.0. The van der Waals surface area contributed by atoms with Crippen molar-refractivity contribution < 1.29 is 9.53 Å². The van der Waals surface area contributed by atoms with Gasteiger partial charge in [-0.05, 0) is 50.1 Å². The highest BCUT2D eigenvalue weighted by Crippen LogP contribution is 2.27. The number of para-hydroxylation sites is 2. The molecule has 3 aromatic rings. The summed E-state index contributed by atoms with van der Waals surface area (Å²) >= 11 is 0. The number of amides is 1. The lowest BCUT2D eigenvalue weighted by atomic mass is 10.0. The van der Waals surface area contributed by atoms with Crippen LogP contribution in [0.25, 0.3) is 0 Å². The van der Waals surface area contributed by atoms with Crippen LogP contribution >= 0.6 is 0 Å². The Morgan fingerprint density at radius 2 is 1.70 bits per heavy atom. The standard InChI is InChI=1S/C22H23N3O2/c1-14-9-15(2)21(16(3)10-14)25-22(26)17-11-18(13-23-12-17)24-19-7-5-6-8-20(19)27-4/h5-13,24H,1-4H3,(H,25,26). The Hall–Kier alpha value is -3.34. The fraction of sp³-hybridized carbons (Fsp3) is 0.182. The number of rotatable bonds is 5. The van der Waals surface area contributed by atoms with Crippen LogP contribution < -0.4 is 15.4 Å². The van der Waals surface area contributed by atoms with Gasteiger partial charge in [0, 0.05) is 11.9 Å². The van der Waals surface area contributed by atoms with E-state index in [1.54, 1.807) is 25.6 Å². The van der Waals surface area contributed by atoms with Gasteiger partial charge in [0.15, 0.2) is 0 Å². The van der Waals surface area contributed by atoms with E-state index < -0.39 is 0 Å². The number of methoxy groups -OCH3 is 1. The molecule has 0 aliphatic heterocycles. The van der Waals surface area contributed by atoms with Crippen LogP contribution in [0.4, 0.5) is 17.1 Å². The number of aromatic nitrogens is 1. The Bertz CT molecular complexity index is 960. The molecule has 1 aromatic heterocycles. The maximum atomic E-state index is 12.7. The van der Waals surface area contributed by atoms with Gasteiger partial charge in [0.25, 0.3) is 5.91 Å². The quantitative estimate of drug-likeness (QED) is 0.670. The Labute approximate surface area is 159 Å². The first kappa shape index (κ1) is 18.5. The van der Waals surface area contributed by atoms with Gasteiger partial charge in [0.1, 0.15) is 5.75 Å². The van der Waals surface area contributed by atoms with Gasteiger partial charge >= 0.3 is 0 Å². The van der Waals surface area contributed by atoms with Gasteiger partial charge in [-0.25, -0.2) is 0 Å². The van der Waals surface area contributed by atoms with Gasteiger partial charge in [-0.2, -0.15) is 0 Å². The smallest absolute Gasteiger partial charge is 0.257 e. The first-order valence-corrected chi connectivity index (χ1v) is 8.72. The van der Waals surface area contributed by atoms with Crippen molar-refractivity contribution in [3.8, 4) is 5.75 Å². The van der Waals surface area contributed by atoms with E-state index >= 15 is 0 Å². The second-order valence-electron chi connectivity index (χ2n) is 6.52. The van der Waals surface area contributed by atoms with E-state index in [1.807, 2.05) is 45.0 Å². The Balaban J connectivity index is 1.82. The molecule has 27 heavy (non-hydrogen) atoms. The highest BCUT2D eigenvalue weighted by Gasteiger charge is 2.12. The van der Waals surface area contributed by atoms with Crippen LogP contribution in [0.2, 0.25) is 0 Å². The molecule has 5 heteroatoms. The van der Waals surface area contributed by atoms with Crippen LogP contribution in [0.1, 0.15) is 27.0 Å². The Kier molecular flexibility index (Phi) is 5.41. The molecule has 138 valence electrons. The highest BCUT2D eigenvalue weighted by atomic mass is 16.5. The zero-order valence-electron chi connectivity index (χ0n) is 16.0. The number of nitrogens with one attached hydrogen (secondary N) is 2. The van der Waals surface area contributed by atoms with Crippen molar-refractivity contribution in [1.82, 2.24) is 4.98 Å². The van der Waals surface area contributed by atoms with Gasteiger partial charge in [0.05, 0.1) is 30.2 Å². The Morgan fingerprint density at radius 3 is 2.41 bits per heavy atom. The summed E-state index contributed by atoms with van der Waals surface area (Å²) < 4.78 is 5.35. The number of hydrogen-bond donors (Lipinski definition) is 2. The lowest BCUT2D eigenvalue weighted by molar-refractivity contribution is 0.102.